The first-order valence-electron chi connectivity index (χ1n) is 11.1. The number of carbonyl (C=O) groups excluding carboxylic acids is 2. The van der Waals surface area contributed by atoms with Crippen LogP contribution in [0, 0.1) is 5.41 Å². The second-order valence-corrected chi connectivity index (χ2v) is 9.97. The van der Waals surface area contributed by atoms with E-state index in [1.807, 2.05) is 25.7 Å². The Balaban J connectivity index is 1.32. The molecule has 30 heavy (non-hydrogen) atoms. The van der Waals surface area contributed by atoms with Crippen LogP contribution in [0.5, 0.6) is 0 Å². The highest BCUT2D eigenvalue weighted by Crippen LogP contribution is 2.50. The number of rotatable bonds is 4. The SMILES string of the molecule is CCc1c(C=O)[nH]c2cc(NC3CC4(CCN(C(=O)OC(C)(C)C)CC4)C3)ccc12. The molecule has 1 saturated carbocycles. The molecule has 2 fully saturated rings. The van der Waals surface area contributed by atoms with Gasteiger partial charge in [0.2, 0.25) is 0 Å². The molecule has 1 amide bonds. The number of piperidine rings is 1. The van der Waals surface area contributed by atoms with E-state index in [2.05, 4.69) is 35.4 Å². The van der Waals surface area contributed by atoms with Crippen LogP contribution in [-0.2, 0) is 11.2 Å². The van der Waals surface area contributed by atoms with Gasteiger partial charge in [-0.05, 0) is 76.0 Å². The number of amides is 1. The predicted molar refractivity (Wildman–Crippen MR) is 119 cm³/mol. The monoisotopic (exact) mass is 411 g/mol. The molecule has 1 aromatic heterocycles. The van der Waals surface area contributed by atoms with Gasteiger partial charge < -0.3 is 19.9 Å². The number of anilines is 1. The summed E-state index contributed by atoms with van der Waals surface area (Å²) in [6, 6.07) is 6.78. The van der Waals surface area contributed by atoms with E-state index < -0.39 is 5.60 Å². The molecule has 1 aliphatic heterocycles. The predicted octanol–water partition coefficient (Wildman–Crippen LogP) is 5.13. The summed E-state index contributed by atoms with van der Waals surface area (Å²) in [7, 11) is 0. The lowest BCUT2D eigenvalue weighted by Crippen LogP contribution is -2.53. The number of carbonyl (C=O) groups is 2. The number of benzene rings is 1. The number of hydrogen-bond acceptors (Lipinski definition) is 4. The fraction of sp³-hybridized carbons (Fsp3) is 0.583. The Bertz CT molecular complexity index is 940. The number of aryl methyl sites for hydroxylation is 1. The topological polar surface area (TPSA) is 74.4 Å². The second kappa shape index (κ2) is 7.64. The minimum Gasteiger partial charge on any atom is -0.444 e. The summed E-state index contributed by atoms with van der Waals surface area (Å²) in [4.78, 5) is 28.7. The van der Waals surface area contributed by atoms with Gasteiger partial charge in [-0.15, -0.1) is 0 Å². The molecule has 0 unspecified atom stereocenters. The van der Waals surface area contributed by atoms with E-state index in [9.17, 15) is 9.59 Å². The molecule has 1 spiro atoms. The van der Waals surface area contributed by atoms with Crippen LogP contribution in [-0.4, -0.2) is 47.0 Å². The van der Waals surface area contributed by atoms with Gasteiger partial charge in [0.05, 0.1) is 5.69 Å². The molecule has 2 N–H and O–H groups in total. The molecule has 1 aliphatic carbocycles. The maximum Gasteiger partial charge on any atom is 0.410 e. The van der Waals surface area contributed by atoms with E-state index in [-0.39, 0.29) is 6.09 Å². The molecule has 0 radical (unpaired) electrons. The van der Waals surface area contributed by atoms with Gasteiger partial charge in [-0.3, -0.25) is 4.79 Å². The fourth-order valence-corrected chi connectivity index (χ4v) is 5.07. The lowest BCUT2D eigenvalue weighted by atomic mass is 9.60. The highest BCUT2D eigenvalue weighted by atomic mass is 16.6. The Hall–Kier alpha value is -2.50. The van der Waals surface area contributed by atoms with Gasteiger partial charge >= 0.3 is 6.09 Å². The molecule has 1 saturated heterocycles. The van der Waals surface area contributed by atoms with E-state index in [4.69, 9.17) is 4.74 Å². The first-order valence-corrected chi connectivity index (χ1v) is 11.1. The first-order chi connectivity index (χ1) is 14.2. The van der Waals surface area contributed by atoms with Crippen molar-refractivity contribution in [3.63, 3.8) is 0 Å². The summed E-state index contributed by atoms with van der Waals surface area (Å²) in [6.07, 6.45) is 5.92. The third-order valence-electron chi connectivity index (χ3n) is 6.62. The van der Waals surface area contributed by atoms with Crippen molar-refractivity contribution in [3.05, 3.63) is 29.5 Å². The molecule has 6 heteroatoms. The number of H-pyrrole nitrogens is 1. The quantitative estimate of drug-likeness (QED) is 0.684. The number of likely N-dealkylation sites (tertiary alicyclic amines) is 1. The molecule has 162 valence electrons. The molecule has 0 bridgehead atoms. The maximum absolute atomic E-state index is 12.3. The largest absolute Gasteiger partial charge is 0.444 e. The smallest absolute Gasteiger partial charge is 0.410 e. The van der Waals surface area contributed by atoms with Crippen LogP contribution < -0.4 is 5.32 Å². The van der Waals surface area contributed by atoms with E-state index in [1.165, 1.54) is 0 Å². The van der Waals surface area contributed by atoms with Crippen molar-refractivity contribution in [2.45, 2.75) is 71.4 Å². The van der Waals surface area contributed by atoms with E-state index in [0.29, 0.717) is 17.2 Å². The fourth-order valence-electron chi connectivity index (χ4n) is 5.07. The average Bonchev–Trinajstić information content (AvgIpc) is 3.02. The second-order valence-electron chi connectivity index (χ2n) is 9.97. The lowest BCUT2D eigenvalue weighted by Gasteiger charge is -2.52. The average molecular weight is 412 g/mol. The number of aromatic amines is 1. The third-order valence-corrected chi connectivity index (χ3v) is 6.62. The van der Waals surface area contributed by atoms with Crippen LogP contribution >= 0.6 is 0 Å². The van der Waals surface area contributed by atoms with Crippen molar-refractivity contribution in [1.29, 1.82) is 0 Å². The third kappa shape index (κ3) is 4.05. The summed E-state index contributed by atoms with van der Waals surface area (Å²) in [5.41, 5.74) is 3.79. The molecule has 0 atom stereocenters. The van der Waals surface area contributed by atoms with Crippen LogP contribution in [0.25, 0.3) is 10.9 Å². The zero-order chi connectivity index (χ0) is 21.5. The molecule has 4 rings (SSSR count). The van der Waals surface area contributed by atoms with Crippen LogP contribution in [0.3, 0.4) is 0 Å². The summed E-state index contributed by atoms with van der Waals surface area (Å²) < 4.78 is 5.51. The Labute approximate surface area is 178 Å². The molecular weight excluding hydrogens is 378 g/mol. The maximum atomic E-state index is 12.3. The number of fused-ring (bicyclic) bond motifs is 1. The van der Waals surface area contributed by atoms with Gasteiger partial charge in [-0.2, -0.15) is 0 Å². The highest BCUT2D eigenvalue weighted by Gasteiger charge is 2.46. The molecule has 1 aromatic carbocycles. The van der Waals surface area contributed by atoms with E-state index in [0.717, 1.165) is 73.6 Å². The van der Waals surface area contributed by atoms with Crippen molar-refractivity contribution < 1.29 is 14.3 Å². The molecule has 2 heterocycles. The van der Waals surface area contributed by atoms with Crippen LogP contribution in [0.15, 0.2) is 18.2 Å². The summed E-state index contributed by atoms with van der Waals surface area (Å²) in [5, 5.41) is 4.79. The minimum absolute atomic E-state index is 0.188. The molecule has 2 aliphatic rings. The lowest BCUT2D eigenvalue weighted by molar-refractivity contribution is -0.00859. The van der Waals surface area contributed by atoms with Crippen molar-refractivity contribution >= 4 is 29.0 Å². The molecular formula is C24H33N3O3. The highest BCUT2D eigenvalue weighted by molar-refractivity contribution is 5.93. The minimum atomic E-state index is -0.442. The van der Waals surface area contributed by atoms with Gasteiger partial charge in [0.1, 0.15) is 5.60 Å². The van der Waals surface area contributed by atoms with Gasteiger partial charge in [-0.25, -0.2) is 4.79 Å². The van der Waals surface area contributed by atoms with Gasteiger partial charge in [0.15, 0.2) is 6.29 Å². The van der Waals surface area contributed by atoms with E-state index >= 15 is 0 Å². The van der Waals surface area contributed by atoms with Crippen molar-refractivity contribution in [3.8, 4) is 0 Å². The number of nitrogens with zero attached hydrogens (tertiary/aromatic N) is 1. The zero-order valence-electron chi connectivity index (χ0n) is 18.5. The Kier molecular flexibility index (Phi) is 5.28. The van der Waals surface area contributed by atoms with Gasteiger partial charge in [0.25, 0.3) is 0 Å². The zero-order valence-corrected chi connectivity index (χ0v) is 18.5. The summed E-state index contributed by atoms with van der Waals surface area (Å²) in [6.45, 7) is 9.36. The normalized spacial score (nSPS) is 19.0. The standard InChI is InChI=1S/C24H33N3O3/c1-5-18-19-7-6-16(12-20(19)26-21(18)15-28)25-17-13-24(14-17)8-10-27(11-9-24)22(29)30-23(2,3)4/h6-7,12,15,17,25-26H,5,8-11,13-14H2,1-4H3. The van der Waals surface area contributed by atoms with Crippen molar-refractivity contribution in [1.82, 2.24) is 9.88 Å². The summed E-state index contributed by atoms with van der Waals surface area (Å²) in [5.74, 6) is 0. The van der Waals surface area contributed by atoms with Crippen molar-refractivity contribution in [2.75, 3.05) is 18.4 Å². The Morgan fingerprint density at radius 1 is 1.30 bits per heavy atom. The number of aromatic nitrogens is 1. The number of nitrogens with one attached hydrogen (secondary N) is 2. The summed E-state index contributed by atoms with van der Waals surface area (Å²) >= 11 is 0. The Morgan fingerprint density at radius 2 is 2.00 bits per heavy atom. The molecule has 6 nitrogen and oxygen atoms in total. The van der Waals surface area contributed by atoms with Crippen LogP contribution in [0.2, 0.25) is 0 Å². The van der Waals surface area contributed by atoms with Gasteiger partial charge in [-0.1, -0.05) is 13.0 Å². The van der Waals surface area contributed by atoms with Crippen LogP contribution in [0.1, 0.15) is 69.4 Å². The van der Waals surface area contributed by atoms with Crippen LogP contribution in [0.4, 0.5) is 10.5 Å². The molecule has 2 aromatic rings. The number of hydrogen-bond donors (Lipinski definition) is 2. The first kappa shape index (κ1) is 20.8. The number of aldehydes is 1. The number of ether oxygens (including phenoxy) is 1. The van der Waals surface area contributed by atoms with Gasteiger partial charge in [0, 0.05) is 35.7 Å². The van der Waals surface area contributed by atoms with E-state index in [1.54, 1.807) is 0 Å². The Morgan fingerprint density at radius 3 is 2.60 bits per heavy atom. The van der Waals surface area contributed by atoms with Crippen molar-refractivity contribution in [2.24, 2.45) is 5.41 Å².